The third kappa shape index (κ3) is 1.16. The van der Waals surface area contributed by atoms with E-state index in [2.05, 4.69) is 27.3 Å². The summed E-state index contributed by atoms with van der Waals surface area (Å²) in [5.74, 6) is 0. The summed E-state index contributed by atoms with van der Waals surface area (Å²) in [7, 11) is 1.95. The molecule has 0 aromatic heterocycles. The van der Waals surface area contributed by atoms with Crippen molar-refractivity contribution in [3.05, 3.63) is 0 Å². The summed E-state index contributed by atoms with van der Waals surface area (Å²) in [6.45, 7) is 0.944. The average molecular weight is 162 g/mol. The zero-order valence-corrected chi connectivity index (χ0v) is 5.64. The van der Waals surface area contributed by atoms with E-state index in [-0.39, 0.29) is 4.95 Å². The first-order valence-corrected chi connectivity index (χ1v) is 3.01. The predicted molar refractivity (Wildman–Crippen MR) is 32.8 cm³/mol. The second kappa shape index (κ2) is 1.82. The molecule has 0 saturated carbocycles. The van der Waals surface area contributed by atoms with E-state index in [1.165, 1.54) is 0 Å². The zero-order chi connectivity index (χ0) is 5.28. The van der Waals surface area contributed by atoms with Gasteiger partial charge < -0.3 is 4.90 Å². The molecule has 0 aliphatic carbocycles. The summed E-state index contributed by atoms with van der Waals surface area (Å²) < 4.78 is 0. The van der Waals surface area contributed by atoms with Gasteiger partial charge in [-0.3, -0.25) is 0 Å². The molecule has 1 radical (unpaired) electrons. The fraction of sp³-hybridized carbons (Fsp3) is 0.750. The average Bonchev–Trinajstić information content (AvgIpc) is 1.87. The summed E-state index contributed by atoms with van der Waals surface area (Å²) in [5.41, 5.74) is 0. The molecule has 0 amide bonds. The fourth-order valence-electron chi connectivity index (χ4n) is 0.469. The van der Waals surface area contributed by atoms with Gasteiger partial charge in [0.1, 0.15) is 4.95 Å². The summed E-state index contributed by atoms with van der Waals surface area (Å²) in [6.07, 6.45) is 2.78. The molecule has 39 valence electrons. The monoisotopic (exact) mass is 161 g/mol. The Balaban J connectivity index is 2.42. The van der Waals surface area contributed by atoms with Crippen LogP contribution in [0.15, 0.2) is 4.99 Å². The molecule has 0 N–H and O–H groups in total. The van der Waals surface area contributed by atoms with E-state index in [1.54, 1.807) is 0 Å². The van der Waals surface area contributed by atoms with Crippen molar-refractivity contribution in [2.24, 2.45) is 4.99 Å². The van der Waals surface area contributed by atoms with Crippen molar-refractivity contribution >= 4 is 22.3 Å². The van der Waals surface area contributed by atoms with E-state index in [0.717, 1.165) is 6.54 Å². The summed E-state index contributed by atoms with van der Waals surface area (Å²) >= 11 is 3.31. The first-order valence-electron chi connectivity index (χ1n) is 2.10. The first-order chi connectivity index (χ1) is 3.29. The van der Waals surface area contributed by atoms with E-state index in [0.29, 0.717) is 0 Å². The van der Waals surface area contributed by atoms with Crippen molar-refractivity contribution in [1.82, 2.24) is 4.90 Å². The van der Waals surface area contributed by atoms with Crippen molar-refractivity contribution in [3.8, 4) is 0 Å². The summed E-state index contributed by atoms with van der Waals surface area (Å²) in [6, 6.07) is 0. The normalized spacial score (nSPS) is 29.4. The summed E-state index contributed by atoms with van der Waals surface area (Å²) in [5, 5.41) is 0. The van der Waals surface area contributed by atoms with Crippen LogP contribution < -0.4 is 0 Å². The number of halogens is 1. The van der Waals surface area contributed by atoms with Gasteiger partial charge >= 0.3 is 0 Å². The lowest BCUT2D eigenvalue weighted by Gasteiger charge is -2.01. The molecule has 0 aromatic rings. The molecule has 1 unspecified atom stereocenters. The molecule has 1 heterocycles. The Kier molecular flexibility index (Phi) is 1.32. The highest BCUT2D eigenvalue weighted by molar-refractivity contribution is 9.09. The van der Waals surface area contributed by atoms with Crippen molar-refractivity contribution in [3.63, 3.8) is 0 Å². The van der Waals surface area contributed by atoms with Gasteiger partial charge in [0, 0.05) is 7.05 Å². The van der Waals surface area contributed by atoms with Crippen LogP contribution in [0.1, 0.15) is 0 Å². The van der Waals surface area contributed by atoms with Crippen LogP contribution in [0.25, 0.3) is 0 Å². The largest absolute Gasteiger partial charge is 0.354 e. The Morgan fingerprint density at radius 3 is 2.86 bits per heavy atom. The molecular formula is C4H6BrN2. The van der Waals surface area contributed by atoms with Crippen LogP contribution in [0.2, 0.25) is 0 Å². The number of likely N-dealkylation sites (N-methyl/N-ethyl adjacent to an activating group) is 1. The highest BCUT2D eigenvalue weighted by Gasteiger charge is 2.09. The van der Waals surface area contributed by atoms with E-state index in [9.17, 15) is 0 Å². The standard InChI is InChI=1S/C4H6BrN2/c1-7-2-4(5)6-3-7/h4H,2H2,1H3. The van der Waals surface area contributed by atoms with Gasteiger partial charge in [0.15, 0.2) is 6.34 Å². The van der Waals surface area contributed by atoms with Crippen LogP contribution in [0, 0.1) is 0 Å². The van der Waals surface area contributed by atoms with Crippen molar-refractivity contribution < 1.29 is 0 Å². The van der Waals surface area contributed by atoms with Crippen molar-refractivity contribution in [2.75, 3.05) is 13.6 Å². The van der Waals surface area contributed by atoms with Gasteiger partial charge in [0.25, 0.3) is 0 Å². The highest BCUT2D eigenvalue weighted by Crippen LogP contribution is 2.06. The maximum Gasteiger partial charge on any atom is 0.168 e. The third-order valence-electron chi connectivity index (χ3n) is 0.793. The van der Waals surface area contributed by atoms with Crippen LogP contribution in [0.5, 0.6) is 0 Å². The number of hydrogen-bond acceptors (Lipinski definition) is 2. The number of aliphatic imine (C=N–C) groups is 1. The lowest BCUT2D eigenvalue weighted by molar-refractivity contribution is 0.559. The lowest BCUT2D eigenvalue weighted by Crippen LogP contribution is -2.14. The Morgan fingerprint density at radius 2 is 2.71 bits per heavy atom. The fourth-order valence-corrected chi connectivity index (χ4v) is 0.995. The zero-order valence-electron chi connectivity index (χ0n) is 4.06. The van der Waals surface area contributed by atoms with Gasteiger partial charge in [-0.1, -0.05) is 15.9 Å². The van der Waals surface area contributed by atoms with Gasteiger partial charge in [-0.2, -0.15) is 0 Å². The van der Waals surface area contributed by atoms with E-state index in [1.807, 2.05) is 11.9 Å². The molecule has 0 aromatic carbocycles. The minimum atomic E-state index is 0.275. The highest BCUT2D eigenvalue weighted by atomic mass is 79.9. The quantitative estimate of drug-likeness (QED) is 0.375. The molecule has 0 fully saturated rings. The van der Waals surface area contributed by atoms with Crippen LogP contribution in [0.3, 0.4) is 0 Å². The maximum absolute atomic E-state index is 3.91. The van der Waals surface area contributed by atoms with Gasteiger partial charge in [0.05, 0.1) is 6.54 Å². The molecule has 3 heteroatoms. The SMILES string of the molecule is CN1[C]=NC(Br)C1. The Bertz CT molecular complexity index is 81.7. The Labute approximate surface area is 51.4 Å². The molecule has 7 heavy (non-hydrogen) atoms. The van der Waals surface area contributed by atoms with Crippen LogP contribution >= 0.6 is 15.9 Å². The number of alkyl halides is 1. The van der Waals surface area contributed by atoms with Gasteiger partial charge in [0.2, 0.25) is 0 Å². The molecule has 2 nitrogen and oxygen atoms in total. The van der Waals surface area contributed by atoms with Crippen LogP contribution in [-0.2, 0) is 0 Å². The molecule has 1 atom stereocenters. The van der Waals surface area contributed by atoms with Gasteiger partial charge in [-0.05, 0) is 0 Å². The molecule has 1 aliphatic rings. The third-order valence-corrected chi connectivity index (χ3v) is 1.29. The minimum absolute atomic E-state index is 0.275. The second-order valence-corrected chi connectivity index (χ2v) is 2.60. The molecule has 1 aliphatic heterocycles. The minimum Gasteiger partial charge on any atom is -0.354 e. The van der Waals surface area contributed by atoms with Crippen LogP contribution in [0.4, 0.5) is 0 Å². The van der Waals surface area contributed by atoms with E-state index < -0.39 is 0 Å². The van der Waals surface area contributed by atoms with E-state index in [4.69, 9.17) is 0 Å². The molecule has 0 spiro atoms. The van der Waals surface area contributed by atoms with E-state index >= 15 is 0 Å². The maximum atomic E-state index is 3.91. The topological polar surface area (TPSA) is 15.6 Å². The Morgan fingerprint density at radius 1 is 2.00 bits per heavy atom. The lowest BCUT2D eigenvalue weighted by atomic mass is 10.6. The van der Waals surface area contributed by atoms with Crippen molar-refractivity contribution in [2.45, 2.75) is 4.95 Å². The van der Waals surface area contributed by atoms with Crippen LogP contribution in [-0.4, -0.2) is 29.8 Å². The molecule has 1 rings (SSSR count). The smallest absolute Gasteiger partial charge is 0.168 e. The van der Waals surface area contributed by atoms with Gasteiger partial charge in [-0.25, -0.2) is 4.99 Å². The molecule has 0 saturated heterocycles. The summed E-state index contributed by atoms with van der Waals surface area (Å²) in [4.78, 5) is 6.10. The molecular weight excluding hydrogens is 156 g/mol. The first kappa shape index (κ1) is 5.09. The number of rotatable bonds is 0. The Hall–Kier alpha value is -0.0500. The van der Waals surface area contributed by atoms with Crippen molar-refractivity contribution in [1.29, 1.82) is 0 Å². The number of hydrogen-bond donors (Lipinski definition) is 0. The number of nitrogens with zero attached hydrogens (tertiary/aromatic N) is 2. The van der Waals surface area contributed by atoms with Gasteiger partial charge in [-0.15, -0.1) is 0 Å². The second-order valence-electron chi connectivity index (χ2n) is 1.54. The predicted octanol–water partition coefficient (Wildman–Crippen LogP) is 0.558. The molecule has 0 bridgehead atoms.